The SMILES string of the molecule is CCC(N)C(=O)NCC1CCCC1. The quantitative estimate of drug-likeness (QED) is 0.685. The molecule has 0 bridgehead atoms. The van der Waals surface area contributed by atoms with Crippen LogP contribution in [0, 0.1) is 5.92 Å². The first-order valence-electron chi connectivity index (χ1n) is 5.27. The van der Waals surface area contributed by atoms with Gasteiger partial charge in [-0.25, -0.2) is 0 Å². The van der Waals surface area contributed by atoms with Crippen LogP contribution in [0.15, 0.2) is 0 Å². The highest BCUT2D eigenvalue weighted by molar-refractivity contribution is 5.81. The molecular formula is C10H20N2O. The zero-order chi connectivity index (χ0) is 9.68. The molecule has 0 saturated heterocycles. The molecule has 1 atom stereocenters. The second kappa shape index (κ2) is 5.22. The minimum absolute atomic E-state index is 0.00870. The van der Waals surface area contributed by atoms with Crippen molar-refractivity contribution in [3.63, 3.8) is 0 Å². The Bertz CT molecular complexity index is 164. The molecule has 1 rings (SSSR count). The van der Waals surface area contributed by atoms with Crippen LogP contribution in [0.25, 0.3) is 0 Å². The van der Waals surface area contributed by atoms with E-state index >= 15 is 0 Å². The predicted molar refractivity (Wildman–Crippen MR) is 53.2 cm³/mol. The Labute approximate surface area is 80.1 Å². The summed E-state index contributed by atoms with van der Waals surface area (Å²) in [7, 11) is 0. The number of carbonyl (C=O) groups is 1. The van der Waals surface area contributed by atoms with Gasteiger partial charge in [0.15, 0.2) is 0 Å². The molecule has 1 aliphatic carbocycles. The first-order chi connectivity index (χ1) is 6.24. The fraction of sp³-hybridized carbons (Fsp3) is 0.900. The van der Waals surface area contributed by atoms with Gasteiger partial charge in [0.1, 0.15) is 0 Å². The normalized spacial score (nSPS) is 20.2. The van der Waals surface area contributed by atoms with E-state index in [9.17, 15) is 4.79 Å². The van der Waals surface area contributed by atoms with Crippen LogP contribution in [-0.2, 0) is 4.79 Å². The lowest BCUT2D eigenvalue weighted by molar-refractivity contribution is -0.122. The smallest absolute Gasteiger partial charge is 0.236 e. The molecule has 1 unspecified atom stereocenters. The van der Waals surface area contributed by atoms with E-state index in [-0.39, 0.29) is 11.9 Å². The van der Waals surface area contributed by atoms with Crippen LogP contribution >= 0.6 is 0 Å². The molecule has 0 aromatic carbocycles. The molecule has 1 fully saturated rings. The van der Waals surface area contributed by atoms with Gasteiger partial charge in [-0.3, -0.25) is 4.79 Å². The number of carbonyl (C=O) groups excluding carboxylic acids is 1. The molecule has 3 heteroatoms. The minimum Gasteiger partial charge on any atom is -0.354 e. The summed E-state index contributed by atoms with van der Waals surface area (Å²) in [5.74, 6) is 0.711. The maximum Gasteiger partial charge on any atom is 0.236 e. The first kappa shape index (κ1) is 10.5. The Morgan fingerprint density at radius 1 is 1.54 bits per heavy atom. The van der Waals surface area contributed by atoms with Crippen molar-refractivity contribution in [3.05, 3.63) is 0 Å². The summed E-state index contributed by atoms with van der Waals surface area (Å²) >= 11 is 0. The van der Waals surface area contributed by atoms with Crippen molar-refractivity contribution in [1.29, 1.82) is 0 Å². The fourth-order valence-electron chi connectivity index (χ4n) is 1.78. The topological polar surface area (TPSA) is 55.1 Å². The van der Waals surface area contributed by atoms with E-state index in [0.29, 0.717) is 5.92 Å². The van der Waals surface area contributed by atoms with Crippen LogP contribution in [0.5, 0.6) is 0 Å². The van der Waals surface area contributed by atoms with Crippen molar-refractivity contribution in [2.24, 2.45) is 11.7 Å². The van der Waals surface area contributed by atoms with Crippen LogP contribution in [0.3, 0.4) is 0 Å². The molecule has 1 saturated carbocycles. The van der Waals surface area contributed by atoms with Gasteiger partial charge >= 0.3 is 0 Å². The number of nitrogens with one attached hydrogen (secondary N) is 1. The molecule has 3 nitrogen and oxygen atoms in total. The lowest BCUT2D eigenvalue weighted by Gasteiger charge is -2.13. The fourth-order valence-corrected chi connectivity index (χ4v) is 1.78. The average Bonchev–Trinajstić information content (AvgIpc) is 2.65. The van der Waals surface area contributed by atoms with Crippen LogP contribution in [0.4, 0.5) is 0 Å². The molecule has 0 radical (unpaired) electrons. The molecule has 1 aliphatic rings. The second-order valence-electron chi connectivity index (χ2n) is 3.91. The van der Waals surface area contributed by atoms with Gasteiger partial charge in [-0.2, -0.15) is 0 Å². The third-order valence-electron chi connectivity index (χ3n) is 2.82. The van der Waals surface area contributed by atoms with E-state index in [0.717, 1.165) is 13.0 Å². The lowest BCUT2D eigenvalue weighted by atomic mass is 10.1. The number of nitrogens with two attached hydrogens (primary N) is 1. The van der Waals surface area contributed by atoms with Gasteiger partial charge < -0.3 is 11.1 Å². The highest BCUT2D eigenvalue weighted by atomic mass is 16.2. The molecule has 1 amide bonds. The Balaban J connectivity index is 2.13. The molecule has 76 valence electrons. The predicted octanol–water partition coefficient (Wildman–Crippen LogP) is 1.03. The molecule has 13 heavy (non-hydrogen) atoms. The van der Waals surface area contributed by atoms with Crippen LogP contribution < -0.4 is 11.1 Å². The van der Waals surface area contributed by atoms with Gasteiger partial charge in [0.2, 0.25) is 5.91 Å². The first-order valence-corrected chi connectivity index (χ1v) is 5.27. The van der Waals surface area contributed by atoms with Crippen molar-refractivity contribution >= 4 is 5.91 Å². The summed E-state index contributed by atoms with van der Waals surface area (Å²) in [5.41, 5.74) is 5.59. The van der Waals surface area contributed by atoms with E-state index in [1.807, 2.05) is 6.92 Å². The number of rotatable bonds is 4. The summed E-state index contributed by atoms with van der Waals surface area (Å²) in [5, 5.41) is 2.91. The third kappa shape index (κ3) is 3.35. The van der Waals surface area contributed by atoms with Crippen molar-refractivity contribution < 1.29 is 4.79 Å². The zero-order valence-electron chi connectivity index (χ0n) is 8.38. The van der Waals surface area contributed by atoms with Crippen molar-refractivity contribution in [2.75, 3.05) is 6.54 Å². The zero-order valence-corrected chi connectivity index (χ0v) is 8.38. The molecule has 0 aromatic rings. The number of amides is 1. The highest BCUT2D eigenvalue weighted by Gasteiger charge is 2.17. The summed E-state index contributed by atoms with van der Waals surface area (Å²) in [6.45, 7) is 2.76. The minimum atomic E-state index is -0.318. The molecule has 3 N–H and O–H groups in total. The van der Waals surface area contributed by atoms with Gasteiger partial charge in [-0.1, -0.05) is 19.8 Å². The average molecular weight is 184 g/mol. The standard InChI is InChI=1S/C10H20N2O/c1-2-9(11)10(13)12-7-8-5-3-4-6-8/h8-9H,2-7,11H2,1H3,(H,12,13). The molecule has 0 aromatic heterocycles. The largest absolute Gasteiger partial charge is 0.354 e. The van der Waals surface area contributed by atoms with E-state index in [1.165, 1.54) is 25.7 Å². The van der Waals surface area contributed by atoms with E-state index < -0.39 is 0 Å². The summed E-state index contributed by atoms with van der Waals surface area (Å²) in [6, 6.07) is -0.318. The molecule has 0 heterocycles. The van der Waals surface area contributed by atoms with Gasteiger partial charge in [-0.05, 0) is 25.2 Å². The highest BCUT2D eigenvalue weighted by Crippen LogP contribution is 2.23. The van der Waals surface area contributed by atoms with Gasteiger partial charge in [0.25, 0.3) is 0 Å². The Hall–Kier alpha value is -0.570. The monoisotopic (exact) mass is 184 g/mol. The van der Waals surface area contributed by atoms with E-state index in [2.05, 4.69) is 5.32 Å². The van der Waals surface area contributed by atoms with Crippen molar-refractivity contribution in [1.82, 2.24) is 5.32 Å². The molecule has 0 spiro atoms. The third-order valence-corrected chi connectivity index (χ3v) is 2.82. The Kier molecular flexibility index (Phi) is 4.22. The second-order valence-corrected chi connectivity index (χ2v) is 3.91. The maximum absolute atomic E-state index is 11.3. The Morgan fingerprint density at radius 3 is 2.69 bits per heavy atom. The Morgan fingerprint density at radius 2 is 2.15 bits per heavy atom. The summed E-state index contributed by atoms with van der Waals surface area (Å²) < 4.78 is 0. The summed E-state index contributed by atoms with van der Waals surface area (Å²) in [4.78, 5) is 11.3. The van der Waals surface area contributed by atoms with Crippen LogP contribution in [-0.4, -0.2) is 18.5 Å². The van der Waals surface area contributed by atoms with Crippen molar-refractivity contribution in [3.8, 4) is 0 Å². The molecular weight excluding hydrogens is 164 g/mol. The van der Waals surface area contributed by atoms with E-state index in [1.54, 1.807) is 0 Å². The summed E-state index contributed by atoms with van der Waals surface area (Å²) in [6.07, 6.45) is 5.89. The number of hydrogen-bond acceptors (Lipinski definition) is 2. The van der Waals surface area contributed by atoms with Crippen LogP contribution in [0.1, 0.15) is 39.0 Å². The van der Waals surface area contributed by atoms with E-state index in [4.69, 9.17) is 5.73 Å². The van der Waals surface area contributed by atoms with Gasteiger partial charge in [0, 0.05) is 6.54 Å². The number of hydrogen-bond donors (Lipinski definition) is 2. The van der Waals surface area contributed by atoms with Gasteiger partial charge in [-0.15, -0.1) is 0 Å². The van der Waals surface area contributed by atoms with Gasteiger partial charge in [0.05, 0.1) is 6.04 Å². The molecule has 0 aliphatic heterocycles. The van der Waals surface area contributed by atoms with Crippen molar-refractivity contribution in [2.45, 2.75) is 45.1 Å². The maximum atomic E-state index is 11.3. The lowest BCUT2D eigenvalue weighted by Crippen LogP contribution is -2.41. The van der Waals surface area contributed by atoms with Crippen LogP contribution in [0.2, 0.25) is 0 Å².